The second-order valence-electron chi connectivity index (χ2n) is 1.21. The molecule has 0 fully saturated rings. The van der Waals surface area contributed by atoms with Crippen LogP contribution < -0.4 is 18.9 Å². The fourth-order valence-electron chi connectivity index (χ4n) is 0.203. The van der Waals surface area contributed by atoms with Crippen LogP contribution in [0.25, 0.3) is 0 Å². The van der Waals surface area contributed by atoms with Crippen molar-refractivity contribution in [3.8, 4) is 0 Å². The number of rotatable bonds is 2. The average Bonchev–Trinajstić information content (AvgIpc) is 1.65. The van der Waals surface area contributed by atoms with Gasteiger partial charge in [0.2, 0.25) is 0 Å². The van der Waals surface area contributed by atoms with E-state index in [9.17, 15) is 9.59 Å². The molecule has 0 aromatic carbocycles. The number of hydrogen-bond donors (Lipinski definition) is 0. The van der Waals surface area contributed by atoms with Crippen molar-refractivity contribution in [1.29, 1.82) is 0 Å². The second-order valence-corrected chi connectivity index (χ2v) is 1.21. The van der Waals surface area contributed by atoms with Crippen LogP contribution >= 0.6 is 0 Å². The van der Waals surface area contributed by atoms with Crippen LogP contribution in [0, 0.1) is 6.42 Å². The van der Waals surface area contributed by atoms with E-state index in [1.54, 1.807) is 6.92 Å². The van der Waals surface area contributed by atoms with Gasteiger partial charge in [0.05, 0.1) is 5.78 Å². The molecular weight excluding hydrogens is 99.0 g/mol. The van der Waals surface area contributed by atoms with Crippen LogP contribution in [-0.2, 0) is 9.59 Å². The molecule has 0 heterocycles. The Morgan fingerprint density at radius 1 is 1.38 bits per heavy atom. The zero-order chi connectivity index (χ0) is 5.86. The first-order chi connectivity index (χ1) is 3.18. The monoisotopic (exact) mass is 106 g/mol. The van der Waals surface area contributed by atoms with Crippen molar-refractivity contribution in [2.24, 2.45) is 0 Å². The Morgan fingerprint density at radius 2 is 1.75 bits per heavy atom. The van der Waals surface area contributed by atoms with E-state index < -0.39 is 11.6 Å². The second kappa shape index (κ2) is 4.95. The molecular formula is C5H7LiO2. The van der Waals surface area contributed by atoms with Crippen molar-refractivity contribution in [2.75, 3.05) is 0 Å². The zero-order valence-corrected chi connectivity index (χ0v) is 5.39. The molecule has 0 atom stereocenters. The molecule has 0 amide bonds. The van der Waals surface area contributed by atoms with Gasteiger partial charge in [-0.3, -0.25) is 0 Å². The first kappa shape index (κ1) is 10.7. The maximum atomic E-state index is 10.1. The third kappa shape index (κ3) is 3.98. The summed E-state index contributed by atoms with van der Waals surface area (Å²) in [6.45, 7) is 2.80. The van der Waals surface area contributed by atoms with Crippen LogP contribution in [0.15, 0.2) is 0 Å². The summed E-state index contributed by atoms with van der Waals surface area (Å²) < 4.78 is 0. The van der Waals surface area contributed by atoms with Crippen LogP contribution in [0.2, 0.25) is 0 Å². The van der Waals surface area contributed by atoms with E-state index in [-0.39, 0.29) is 18.9 Å². The van der Waals surface area contributed by atoms with E-state index in [2.05, 4.69) is 0 Å². The quantitative estimate of drug-likeness (QED) is 0.219. The predicted octanol–water partition coefficient (Wildman–Crippen LogP) is -2.63. The van der Waals surface area contributed by atoms with Crippen molar-refractivity contribution < 1.29 is 28.4 Å². The molecule has 0 radical (unpaired) electrons. The average molecular weight is 106 g/mol. The Bertz CT molecular complexity index is 98.6. The Hall–Kier alpha value is -0.193. The minimum absolute atomic E-state index is 0. The van der Waals surface area contributed by atoms with E-state index in [0.29, 0.717) is 0 Å². The maximum absolute atomic E-state index is 10.1. The fraction of sp³-hybridized carbons (Fsp3) is 0.400. The van der Waals surface area contributed by atoms with Crippen LogP contribution in [-0.4, -0.2) is 11.6 Å². The zero-order valence-electron chi connectivity index (χ0n) is 5.39. The molecule has 0 rings (SSSR count). The number of hydrogen-bond acceptors (Lipinski definition) is 2. The van der Waals surface area contributed by atoms with Crippen LogP contribution in [0.4, 0.5) is 0 Å². The van der Waals surface area contributed by atoms with Gasteiger partial charge in [0, 0.05) is 5.78 Å². The van der Waals surface area contributed by atoms with Gasteiger partial charge in [0.15, 0.2) is 0 Å². The summed E-state index contributed by atoms with van der Waals surface area (Å²) in [5, 5.41) is 0. The fourth-order valence-corrected chi connectivity index (χ4v) is 0.203. The third-order valence-corrected chi connectivity index (χ3v) is 0.609. The summed E-state index contributed by atoms with van der Waals surface area (Å²) in [6.07, 6.45) is 1.25. The summed E-state index contributed by atoms with van der Waals surface area (Å²) >= 11 is 0. The van der Waals surface area contributed by atoms with E-state index in [4.69, 9.17) is 0 Å². The minimum atomic E-state index is -0.417. The van der Waals surface area contributed by atoms with Gasteiger partial charge in [0.1, 0.15) is 0 Å². The Morgan fingerprint density at radius 3 is 1.75 bits per heavy atom. The molecule has 2 nitrogen and oxygen atoms in total. The SMILES string of the molecule is C[CH-]C(=O)C(C)=O.[Li+]. The van der Waals surface area contributed by atoms with Gasteiger partial charge in [-0.25, -0.2) is 0 Å². The van der Waals surface area contributed by atoms with E-state index in [1.807, 2.05) is 0 Å². The van der Waals surface area contributed by atoms with Crippen molar-refractivity contribution in [3.63, 3.8) is 0 Å². The molecule has 3 heteroatoms. The summed E-state index contributed by atoms with van der Waals surface area (Å²) in [4.78, 5) is 20.1. The molecule has 0 bridgehead atoms. The number of ketones is 2. The standard InChI is InChI=1S/C5H7O2.Li/c1-3-5(7)4(2)6;/h3H,1-2H3;/q-1;+1. The Labute approximate surface area is 60.8 Å². The van der Waals surface area contributed by atoms with Gasteiger partial charge in [-0.15, -0.1) is 6.92 Å². The first-order valence-corrected chi connectivity index (χ1v) is 2.02. The molecule has 8 heavy (non-hydrogen) atoms. The van der Waals surface area contributed by atoms with Gasteiger partial charge in [-0.2, -0.15) is 6.42 Å². The van der Waals surface area contributed by atoms with Gasteiger partial charge in [-0.1, -0.05) is 6.92 Å². The minimum Gasteiger partial charge on any atom is -0.403 e. The van der Waals surface area contributed by atoms with Crippen molar-refractivity contribution >= 4 is 11.6 Å². The van der Waals surface area contributed by atoms with E-state index in [1.165, 1.54) is 13.3 Å². The smallest absolute Gasteiger partial charge is 0.403 e. The molecule has 0 saturated heterocycles. The van der Waals surface area contributed by atoms with Crippen LogP contribution in [0.3, 0.4) is 0 Å². The first-order valence-electron chi connectivity index (χ1n) is 2.02. The Kier molecular flexibility index (Phi) is 6.64. The Balaban J connectivity index is 0. The maximum Gasteiger partial charge on any atom is 1.00 e. The molecule has 0 spiro atoms. The summed E-state index contributed by atoms with van der Waals surface area (Å²) in [5.74, 6) is -0.817. The molecule has 0 unspecified atom stereocenters. The molecule has 0 aliphatic heterocycles. The summed E-state index contributed by atoms with van der Waals surface area (Å²) in [6, 6.07) is 0. The number of carbonyl (C=O) groups excluding carboxylic acids is 2. The van der Waals surface area contributed by atoms with Gasteiger partial charge < -0.3 is 9.59 Å². The van der Waals surface area contributed by atoms with Gasteiger partial charge in [0.25, 0.3) is 0 Å². The van der Waals surface area contributed by atoms with Crippen molar-refractivity contribution in [1.82, 2.24) is 0 Å². The molecule has 0 N–H and O–H groups in total. The molecule has 0 aromatic heterocycles. The van der Waals surface area contributed by atoms with Crippen LogP contribution in [0.5, 0.6) is 0 Å². The predicted molar refractivity (Wildman–Crippen MR) is 25.7 cm³/mol. The van der Waals surface area contributed by atoms with Crippen molar-refractivity contribution in [3.05, 3.63) is 6.42 Å². The van der Waals surface area contributed by atoms with Gasteiger partial charge in [-0.05, 0) is 0 Å². The van der Waals surface area contributed by atoms with Crippen LogP contribution in [0.1, 0.15) is 13.8 Å². The number of carbonyl (C=O) groups is 2. The normalized spacial score (nSPS) is 6.75. The van der Waals surface area contributed by atoms with E-state index in [0.717, 1.165) is 0 Å². The third-order valence-electron chi connectivity index (χ3n) is 0.609. The van der Waals surface area contributed by atoms with Gasteiger partial charge >= 0.3 is 18.9 Å². The van der Waals surface area contributed by atoms with E-state index >= 15 is 0 Å². The molecule has 0 saturated carbocycles. The summed E-state index contributed by atoms with van der Waals surface area (Å²) in [5.41, 5.74) is 0. The molecule has 0 aromatic rings. The summed E-state index contributed by atoms with van der Waals surface area (Å²) in [7, 11) is 0. The molecule has 40 valence electrons. The van der Waals surface area contributed by atoms with Crippen molar-refractivity contribution in [2.45, 2.75) is 13.8 Å². The topological polar surface area (TPSA) is 34.1 Å². The number of Topliss-reactive ketones (excluding diaryl/α,β-unsaturated/α-hetero) is 2. The molecule has 0 aliphatic rings. The largest absolute Gasteiger partial charge is 1.00 e. The molecule has 0 aliphatic carbocycles.